The summed E-state index contributed by atoms with van der Waals surface area (Å²) in [5.74, 6) is 0.909. The Kier molecular flexibility index (Phi) is 6.48. The highest BCUT2D eigenvalue weighted by Crippen LogP contribution is 2.27. The van der Waals surface area contributed by atoms with Gasteiger partial charge in [0.15, 0.2) is 5.78 Å². The number of Topliss-reactive ketones (excluding diaryl/α,β-unsaturated/α-hetero) is 2. The number of carbonyl (C=O) groups is 2. The lowest BCUT2D eigenvalue weighted by atomic mass is 10.0. The molecule has 0 aliphatic rings. The van der Waals surface area contributed by atoms with Crippen LogP contribution in [-0.4, -0.2) is 18.2 Å². The zero-order chi connectivity index (χ0) is 14.4. The molecule has 1 rings (SSSR count). The van der Waals surface area contributed by atoms with Crippen LogP contribution < -0.4 is 4.74 Å². The van der Waals surface area contributed by atoms with E-state index in [0.717, 1.165) is 21.3 Å². The molecule has 0 bridgehead atoms. The molecule has 0 spiro atoms. The standard InChI is InChI=1S/C15H19IO3/c1-4-7-19-15-10(2)8-12(9-13(15)16)14(18)6-5-11(3)17/h8-9H,4-7H2,1-3H3. The van der Waals surface area contributed by atoms with Crippen molar-refractivity contribution in [1.82, 2.24) is 0 Å². The monoisotopic (exact) mass is 374 g/mol. The van der Waals surface area contributed by atoms with Gasteiger partial charge in [-0.1, -0.05) is 6.92 Å². The van der Waals surface area contributed by atoms with Crippen LogP contribution in [0.1, 0.15) is 49.0 Å². The molecule has 0 aliphatic heterocycles. The lowest BCUT2D eigenvalue weighted by Crippen LogP contribution is -2.05. The fraction of sp³-hybridized carbons (Fsp3) is 0.467. The zero-order valence-corrected chi connectivity index (χ0v) is 13.7. The second kappa shape index (κ2) is 7.62. The number of aryl methyl sites for hydroxylation is 1. The van der Waals surface area contributed by atoms with E-state index in [-0.39, 0.29) is 18.0 Å². The van der Waals surface area contributed by atoms with Crippen LogP contribution >= 0.6 is 22.6 Å². The highest BCUT2D eigenvalue weighted by molar-refractivity contribution is 14.1. The second-order valence-electron chi connectivity index (χ2n) is 4.58. The van der Waals surface area contributed by atoms with Crippen molar-refractivity contribution in [2.24, 2.45) is 0 Å². The van der Waals surface area contributed by atoms with Crippen molar-refractivity contribution >= 4 is 34.2 Å². The summed E-state index contributed by atoms with van der Waals surface area (Å²) in [6, 6.07) is 3.68. The smallest absolute Gasteiger partial charge is 0.163 e. The molecule has 19 heavy (non-hydrogen) atoms. The van der Waals surface area contributed by atoms with E-state index in [1.807, 2.05) is 19.1 Å². The molecule has 0 aromatic heterocycles. The predicted molar refractivity (Wildman–Crippen MR) is 83.9 cm³/mol. The van der Waals surface area contributed by atoms with Crippen molar-refractivity contribution in [2.75, 3.05) is 6.61 Å². The highest BCUT2D eigenvalue weighted by atomic mass is 127. The lowest BCUT2D eigenvalue weighted by Gasteiger charge is -2.12. The van der Waals surface area contributed by atoms with Gasteiger partial charge < -0.3 is 9.53 Å². The van der Waals surface area contributed by atoms with Crippen molar-refractivity contribution in [3.63, 3.8) is 0 Å². The lowest BCUT2D eigenvalue weighted by molar-refractivity contribution is -0.116. The van der Waals surface area contributed by atoms with Crippen LogP contribution in [0.15, 0.2) is 12.1 Å². The first-order valence-corrected chi connectivity index (χ1v) is 7.49. The summed E-state index contributed by atoms with van der Waals surface area (Å²) in [4.78, 5) is 22.9. The maximum Gasteiger partial charge on any atom is 0.163 e. The summed E-state index contributed by atoms with van der Waals surface area (Å²) in [6.07, 6.45) is 1.54. The number of ether oxygens (including phenoxy) is 1. The van der Waals surface area contributed by atoms with E-state index in [0.29, 0.717) is 18.6 Å². The van der Waals surface area contributed by atoms with Crippen molar-refractivity contribution in [3.8, 4) is 5.75 Å². The van der Waals surface area contributed by atoms with Gasteiger partial charge in [0.05, 0.1) is 10.2 Å². The fourth-order valence-electron chi connectivity index (χ4n) is 1.71. The number of hydrogen-bond acceptors (Lipinski definition) is 3. The van der Waals surface area contributed by atoms with Crippen molar-refractivity contribution in [2.45, 2.75) is 40.0 Å². The summed E-state index contributed by atoms with van der Waals surface area (Å²) >= 11 is 2.18. The molecule has 3 nitrogen and oxygen atoms in total. The second-order valence-corrected chi connectivity index (χ2v) is 5.74. The maximum atomic E-state index is 12.0. The van der Waals surface area contributed by atoms with E-state index >= 15 is 0 Å². The molecule has 0 unspecified atom stereocenters. The Balaban J connectivity index is 2.87. The largest absolute Gasteiger partial charge is 0.492 e. The van der Waals surface area contributed by atoms with E-state index in [1.54, 1.807) is 0 Å². The van der Waals surface area contributed by atoms with Crippen LogP contribution in [0, 0.1) is 10.5 Å². The van der Waals surface area contributed by atoms with Gasteiger partial charge in [0.25, 0.3) is 0 Å². The normalized spacial score (nSPS) is 10.3. The van der Waals surface area contributed by atoms with E-state index in [4.69, 9.17) is 4.74 Å². The van der Waals surface area contributed by atoms with Crippen molar-refractivity contribution < 1.29 is 14.3 Å². The molecular formula is C15H19IO3. The van der Waals surface area contributed by atoms with Crippen LogP contribution in [0.5, 0.6) is 5.75 Å². The Morgan fingerprint density at radius 1 is 1.26 bits per heavy atom. The molecule has 0 N–H and O–H groups in total. The van der Waals surface area contributed by atoms with Gasteiger partial charge in [-0.3, -0.25) is 4.79 Å². The Hall–Kier alpha value is -0.910. The molecule has 0 atom stereocenters. The highest BCUT2D eigenvalue weighted by Gasteiger charge is 2.13. The number of ketones is 2. The molecule has 1 aromatic carbocycles. The quantitative estimate of drug-likeness (QED) is 0.536. The Labute approximate surface area is 127 Å². The van der Waals surface area contributed by atoms with E-state index in [1.165, 1.54) is 6.92 Å². The number of rotatable bonds is 7. The van der Waals surface area contributed by atoms with Crippen LogP contribution in [0.2, 0.25) is 0 Å². The van der Waals surface area contributed by atoms with Gasteiger partial charge in [0.1, 0.15) is 11.5 Å². The summed E-state index contributed by atoms with van der Waals surface area (Å²) in [6.45, 7) is 6.18. The van der Waals surface area contributed by atoms with Crippen LogP contribution in [0.3, 0.4) is 0 Å². The molecule has 0 amide bonds. The molecule has 0 fully saturated rings. The average molecular weight is 374 g/mol. The van der Waals surface area contributed by atoms with E-state index < -0.39 is 0 Å². The third-order valence-corrected chi connectivity index (χ3v) is 3.51. The molecular weight excluding hydrogens is 355 g/mol. The molecule has 0 saturated heterocycles. The molecule has 1 aromatic rings. The molecule has 0 radical (unpaired) electrons. The minimum absolute atomic E-state index is 0.0123. The first kappa shape index (κ1) is 16.1. The van der Waals surface area contributed by atoms with Crippen LogP contribution in [0.25, 0.3) is 0 Å². The number of halogens is 1. The average Bonchev–Trinajstić information content (AvgIpc) is 2.34. The Morgan fingerprint density at radius 2 is 1.95 bits per heavy atom. The van der Waals surface area contributed by atoms with Crippen LogP contribution in [-0.2, 0) is 4.79 Å². The Bertz CT molecular complexity index is 457. The molecule has 0 aliphatic carbocycles. The van der Waals surface area contributed by atoms with Gasteiger partial charge in [-0.25, -0.2) is 0 Å². The summed E-state index contributed by atoms with van der Waals surface area (Å²) in [7, 11) is 0. The van der Waals surface area contributed by atoms with Gasteiger partial charge in [-0.05, 0) is 60.6 Å². The summed E-state index contributed by atoms with van der Waals surface area (Å²) < 4.78 is 6.62. The first-order chi connectivity index (χ1) is 8.95. The number of benzene rings is 1. The summed E-state index contributed by atoms with van der Waals surface area (Å²) in [5, 5.41) is 0. The van der Waals surface area contributed by atoms with E-state index in [2.05, 4.69) is 29.5 Å². The topological polar surface area (TPSA) is 43.4 Å². The van der Waals surface area contributed by atoms with Crippen molar-refractivity contribution in [1.29, 1.82) is 0 Å². The predicted octanol–water partition coefficient (Wildman–Crippen LogP) is 3.94. The number of carbonyl (C=O) groups excluding carboxylic acids is 2. The van der Waals surface area contributed by atoms with Gasteiger partial charge in [-0.15, -0.1) is 0 Å². The minimum Gasteiger partial charge on any atom is -0.492 e. The molecule has 4 heteroatoms. The number of hydrogen-bond donors (Lipinski definition) is 0. The van der Waals surface area contributed by atoms with Crippen LogP contribution in [0.4, 0.5) is 0 Å². The maximum absolute atomic E-state index is 12.0. The third-order valence-electron chi connectivity index (χ3n) is 2.71. The van der Waals surface area contributed by atoms with Gasteiger partial charge in [0, 0.05) is 18.4 Å². The molecule has 0 saturated carbocycles. The van der Waals surface area contributed by atoms with E-state index in [9.17, 15) is 9.59 Å². The zero-order valence-electron chi connectivity index (χ0n) is 11.6. The molecule has 104 valence electrons. The molecule has 0 heterocycles. The minimum atomic E-state index is 0.0123. The fourth-order valence-corrected chi connectivity index (χ4v) is 2.63. The van der Waals surface area contributed by atoms with Crippen molar-refractivity contribution in [3.05, 3.63) is 26.8 Å². The third kappa shape index (κ3) is 4.93. The first-order valence-electron chi connectivity index (χ1n) is 6.41. The SMILES string of the molecule is CCCOc1c(C)cc(C(=O)CCC(C)=O)cc1I. The Morgan fingerprint density at radius 3 is 2.47 bits per heavy atom. The van der Waals surface area contributed by atoms with Gasteiger partial charge >= 0.3 is 0 Å². The summed E-state index contributed by atoms with van der Waals surface area (Å²) in [5.41, 5.74) is 1.62. The van der Waals surface area contributed by atoms with Gasteiger partial charge in [0.2, 0.25) is 0 Å². The van der Waals surface area contributed by atoms with Gasteiger partial charge in [-0.2, -0.15) is 0 Å².